The fourth-order valence-electron chi connectivity index (χ4n) is 3.71. The summed E-state index contributed by atoms with van der Waals surface area (Å²) in [6.07, 6.45) is 5.19. The molecule has 5 nitrogen and oxygen atoms in total. The first-order valence-corrected chi connectivity index (χ1v) is 7.87. The topological polar surface area (TPSA) is 71.2 Å². The highest BCUT2D eigenvalue weighted by Gasteiger charge is 2.56. The van der Waals surface area contributed by atoms with E-state index in [1.165, 1.54) is 18.5 Å². The molecule has 0 radical (unpaired) electrons. The zero-order valence-corrected chi connectivity index (χ0v) is 13.2. The van der Waals surface area contributed by atoms with Crippen LogP contribution >= 0.6 is 0 Å². The van der Waals surface area contributed by atoms with Gasteiger partial charge in [0.2, 0.25) is 0 Å². The summed E-state index contributed by atoms with van der Waals surface area (Å²) in [4.78, 5) is 3.92. The highest BCUT2D eigenvalue weighted by molar-refractivity contribution is 5.19. The number of aliphatic hydroxyl groups is 2. The first kappa shape index (κ1) is 16.1. The van der Waals surface area contributed by atoms with Crippen molar-refractivity contribution >= 4 is 0 Å². The molecule has 23 heavy (non-hydrogen) atoms. The molecule has 1 heterocycles. The molecule has 0 amide bonds. The Morgan fingerprint density at radius 1 is 1.35 bits per heavy atom. The van der Waals surface area contributed by atoms with Crippen LogP contribution in [-0.4, -0.2) is 37.2 Å². The lowest BCUT2D eigenvalue weighted by Crippen LogP contribution is -2.52. The van der Waals surface area contributed by atoms with Crippen molar-refractivity contribution in [1.82, 2.24) is 14.8 Å². The summed E-state index contributed by atoms with van der Waals surface area (Å²) in [6, 6.07) is 6.37. The Morgan fingerprint density at radius 2 is 2.09 bits per heavy atom. The lowest BCUT2D eigenvalue weighted by atomic mass is 9.71. The zero-order chi connectivity index (χ0) is 16.5. The van der Waals surface area contributed by atoms with Crippen molar-refractivity contribution in [1.29, 1.82) is 0 Å². The number of benzene rings is 1. The predicted octanol–water partition coefficient (Wildman–Crippen LogP) is 1.80. The molecule has 0 spiro atoms. The summed E-state index contributed by atoms with van der Waals surface area (Å²) >= 11 is 0. The Balaban J connectivity index is 1.87. The van der Waals surface area contributed by atoms with Crippen molar-refractivity contribution in [3.8, 4) is 0 Å². The highest BCUT2D eigenvalue weighted by Crippen LogP contribution is 2.51. The Morgan fingerprint density at radius 3 is 2.70 bits per heavy atom. The van der Waals surface area contributed by atoms with Crippen LogP contribution in [0.1, 0.15) is 25.3 Å². The maximum atomic E-state index is 13.1. The molecule has 0 aliphatic heterocycles. The van der Waals surface area contributed by atoms with Crippen molar-refractivity contribution < 1.29 is 14.6 Å². The fourth-order valence-corrected chi connectivity index (χ4v) is 3.71. The van der Waals surface area contributed by atoms with Crippen LogP contribution in [0.5, 0.6) is 0 Å². The van der Waals surface area contributed by atoms with E-state index in [0.717, 1.165) is 18.4 Å². The fraction of sp³-hybridized carbons (Fsp3) is 0.529. The Bertz CT molecular complexity index is 646. The van der Waals surface area contributed by atoms with Gasteiger partial charge in [-0.1, -0.05) is 19.1 Å². The van der Waals surface area contributed by atoms with Crippen molar-refractivity contribution in [2.24, 2.45) is 11.3 Å². The van der Waals surface area contributed by atoms with E-state index >= 15 is 0 Å². The van der Waals surface area contributed by atoms with Crippen LogP contribution in [0.4, 0.5) is 4.39 Å². The monoisotopic (exact) mass is 319 g/mol. The Hall–Kier alpha value is -1.79. The Kier molecular flexibility index (Phi) is 4.21. The molecule has 1 aliphatic rings. The van der Waals surface area contributed by atoms with Crippen molar-refractivity contribution in [3.63, 3.8) is 0 Å². The molecular weight excluding hydrogens is 297 g/mol. The van der Waals surface area contributed by atoms with Gasteiger partial charge in [0.1, 0.15) is 18.5 Å². The second-order valence-corrected chi connectivity index (χ2v) is 6.80. The Labute approximate surface area is 134 Å². The van der Waals surface area contributed by atoms with Crippen LogP contribution in [0, 0.1) is 17.2 Å². The van der Waals surface area contributed by atoms with Gasteiger partial charge in [0.25, 0.3) is 0 Å². The van der Waals surface area contributed by atoms with E-state index in [0.29, 0.717) is 6.42 Å². The molecule has 3 rings (SSSR count). The largest absolute Gasteiger partial charge is 0.396 e. The highest BCUT2D eigenvalue weighted by atomic mass is 19.1. The SMILES string of the molecule is CC1(CO)CCC(Cc2ccc(F)cc2)C1(O)Cn1cncn1. The van der Waals surface area contributed by atoms with E-state index in [2.05, 4.69) is 10.1 Å². The lowest BCUT2D eigenvalue weighted by molar-refractivity contribution is -0.116. The van der Waals surface area contributed by atoms with E-state index in [1.807, 2.05) is 6.92 Å². The molecule has 0 bridgehead atoms. The van der Waals surface area contributed by atoms with Crippen molar-refractivity contribution in [2.45, 2.75) is 38.3 Å². The van der Waals surface area contributed by atoms with Crippen molar-refractivity contribution in [3.05, 3.63) is 48.3 Å². The number of aromatic nitrogens is 3. The average Bonchev–Trinajstić information content (AvgIpc) is 3.12. The summed E-state index contributed by atoms with van der Waals surface area (Å²) in [5, 5.41) is 25.4. The smallest absolute Gasteiger partial charge is 0.137 e. The van der Waals surface area contributed by atoms with Gasteiger partial charge >= 0.3 is 0 Å². The van der Waals surface area contributed by atoms with Gasteiger partial charge in [0, 0.05) is 5.41 Å². The minimum atomic E-state index is -1.09. The van der Waals surface area contributed by atoms with E-state index in [9.17, 15) is 14.6 Å². The molecule has 1 aliphatic carbocycles. The summed E-state index contributed by atoms with van der Waals surface area (Å²) in [5.74, 6) is -0.299. The van der Waals surface area contributed by atoms with Crippen LogP contribution in [0.15, 0.2) is 36.9 Å². The molecule has 124 valence electrons. The summed E-state index contributed by atoms with van der Waals surface area (Å²) in [6.45, 7) is 2.11. The number of rotatable bonds is 5. The second-order valence-electron chi connectivity index (χ2n) is 6.80. The van der Waals surface area contributed by atoms with Crippen LogP contribution < -0.4 is 0 Å². The van der Waals surface area contributed by atoms with Gasteiger partial charge < -0.3 is 10.2 Å². The van der Waals surface area contributed by atoms with Crippen molar-refractivity contribution in [2.75, 3.05) is 6.61 Å². The second kappa shape index (κ2) is 6.02. The van der Waals surface area contributed by atoms with E-state index in [4.69, 9.17) is 0 Å². The lowest BCUT2D eigenvalue weighted by Gasteiger charge is -2.42. The molecule has 3 atom stereocenters. The number of hydrogen-bond acceptors (Lipinski definition) is 4. The maximum absolute atomic E-state index is 13.1. The molecular formula is C17H22FN3O2. The van der Waals surface area contributed by atoms with E-state index in [1.54, 1.807) is 23.1 Å². The first-order valence-electron chi connectivity index (χ1n) is 7.87. The van der Waals surface area contributed by atoms with Gasteiger partial charge in [-0.3, -0.25) is 4.68 Å². The minimum absolute atomic E-state index is 0.0330. The molecule has 1 aromatic carbocycles. The number of nitrogens with zero attached hydrogens (tertiary/aromatic N) is 3. The van der Waals surface area contributed by atoms with Gasteiger partial charge in [0.15, 0.2) is 0 Å². The van der Waals surface area contributed by atoms with Crippen LogP contribution in [-0.2, 0) is 13.0 Å². The molecule has 6 heteroatoms. The molecule has 1 aromatic heterocycles. The van der Waals surface area contributed by atoms with Crippen LogP contribution in [0.3, 0.4) is 0 Å². The quantitative estimate of drug-likeness (QED) is 0.881. The first-order chi connectivity index (χ1) is 11.0. The molecule has 0 saturated heterocycles. The maximum Gasteiger partial charge on any atom is 0.137 e. The summed E-state index contributed by atoms with van der Waals surface area (Å²) in [5.41, 5.74) is -0.705. The van der Waals surface area contributed by atoms with Gasteiger partial charge in [-0.25, -0.2) is 9.37 Å². The number of aliphatic hydroxyl groups excluding tert-OH is 1. The summed E-state index contributed by atoms with van der Waals surface area (Å²) < 4.78 is 14.7. The van der Waals surface area contributed by atoms with Gasteiger partial charge in [-0.05, 0) is 42.9 Å². The van der Waals surface area contributed by atoms with Crippen LogP contribution in [0.25, 0.3) is 0 Å². The third kappa shape index (κ3) is 2.88. The standard InChI is InChI=1S/C17H22FN3O2/c1-16(10-22)7-6-14(8-13-2-4-15(18)5-3-13)17(16,23)9-21-12-19-11-20-21/h2-5,11-12,14,22-23H,6-10H2,1H3. The van der Waals surface area contributed by atoms with E-state index in [-0.39, 0.29) is 24.9 Å². The molecule has 3 unspecified atom stereocenters. The third-order valence-electron chi connectivity index (χ3n) is 5.38. The average molecular weight is 319 g/mol. The predicted molar refractivity (Wildman–Crippen MR) is 83.0 cm³/mol. The minimum Gasteiger partial charge on any atom is -0.396 e. The molecule has 2 aromatic rings. The number of halogens is 1. The summed E-state index contributed by atoms with van der Waals surface area (Å²) in [7, 11) is 0. The van der Waals surface area contributed by atoms with E-state index < -0.39 is 11.0 Å². The number of hydrogen-bond donors (Lipinski definition) is 2. The molecule has 1 fully saturated rings. The zero-order valence-electron chi connectivity index (χ0n) is 13.2. The normalized spacial score (nSPS) is 30.7. The molecule has 1 saturated carbocycles. The molecule has 2 N–H and O–H groups in total. The van der Waals surface area contributed by atoms with Gasteiger partial charge in [0.05, 0.1) is 18.8 Å². The van der Waals surface area contributed by atoms with Gasteiger partial charge in [-0.15, -0.1) is 0 Å². The van der Waals surface area contributed by atoms with Crippen LogP contribution in [0.2, 0.25) is 0 Å². The third-order valence-corrected chi connectivity index (χ3v) is 5.38. The van der Waals surface area contributed by atoms with Gasteiger partial charge in [-0.2, -0.15) is 5.10 Å².